The fourth-order valence-electron chi connectivity index (χ4n) is 1.65. The van der Waals surface area contributed by atoms with Crippen molar-refractivity contribution in [2.24, 2.45) is 13.0 Å². The molecule has 3 heteroatoms. The Hall–Kier alpha value is -0.830. The van der Waals surface area contributed by atoms with Crippen molar-refractivity contribution in [3.63, 3.8) is 0 Å². The average molecular weight is 165 g/mol. The van der Waals surface area contributed by atoms with E-state index in [0.29, 0.717) is 6.04 Å². The van der Waals surface area contributed by atoms with Gasteiger partial charge < -0.3 is 5.32 Å². The Balaban J connectivity index is 2.15. The number of nitrogens with one attached hydrogen (secondary N) is 1. The van der Waals surface area contributed by atoms with Crippen LogP contribution in [0.25, 0.3) is 0 Å². The molecule has 1 aromatic heterocycles. The molecule has 1 unspecified atom stereocenters. The maximum absolute atomic E-state index is 4.40. The number of aromatic nitrogens is 2. The molecule has 0 spiro atoms. The molecule has 2 rings (SSSR count). The number of nitrogens with zero attached hydrogens (tertiary/aromatic N) is 2. The zero-order valence-electron chi connectivity index (χ0n) is 7.62. The van der Waals surface area contributed by atoms with Crippen LogP contribution in [0.5, 0.6) is 0 Å². The van der Waals surface area contributed by atoms with Crippen LogP contribution in [0, 0.1) is 5.92 Å². The molecule has 0 radical (unpaired) electrons. The molecule has 12 heavy (non-hydrogen) atoms. The minimum Gasteiger partial charge on any atom is -0.311 e. The summed E-state index contributed by atoms with van der Waals surface area (Å²) in [4.78, 5) is 0. The van der Waals surface area contributed by atoms with Crippen molar-refractivity contribution >= 4 is 0 Å². The third kappa shape index (κ3) is 1.37. The maximum atomic E-state index is 4.40. The lowest BCUT2D eigenvalue weighted by Crippen LogP contribution is -2.18. The van der Waals surface area contributed by atoms with E-state index in [2.05, 4.69) is 16.5 Å². The molecule has 1 fully saturated rings. The van der Waals surface area contributed by atoms with E-state index in [1.165, 1.54) is 18.5 Å². The molecular formula is C9H15N3. The molecule has 0 aromatic carbocycles. The van der Waals surface area contributed by atoms with Crippen LogP contribution in [-0.4, -0.2) is 16.8 Å². The summed E-state index contributed by atoms with van der Waals surface area (Å²) in [5.74, 6) is 0.824. The van der Waals surface area contributed by atoms with E-state index in [0.717, 1.165) is 5.92 Å². The van der Waals surface area contributed by atoms with Gasteiger partial charge in [0.05, 0.1) is 11.7 Å². The molecular weight excluding hydrogens is 150 g/mol. The lowest BCUT2D eigenvalue weighted by Gasteiger charge is -2.11. The summed E-state index contributed by atoms with van der Waals surface area (Å²) in [7, 11) is 3.97. The molecule has 0 saturated heterocycles. The van der Waals surface area contributed by atoms with Gasteiger partial charge in [-0.15, -0.1) is 0 Å². The summed E-state index contributed by atoms with van der Waals surface area (Å²) in [6.07, 6.45) is 4.70. The summed E-state index contributed by atoms with van der Waals surface area (Å²) < 4.78 is 1.86. The molecule has 1 aliphatic rings. The standard InChI is InChI=1S/C9H15N3/c1-10-9(7-3-4-7)8-5-6-12(2)11-8/h5-7,9-10H,3-4H2,1-2H3. The Kier molecular flexibility index (Phi) is 1.89. The highest BCUT2D eigenvalue weighted by Gasteiger charge is 2.32. The molecule has 1 saturated carbocycles. The Labute approximate surface area is 72.8 Å². The van der Waals surface area contributed by atoms with Crippen LogP contribution >= 0.6 is 0 Å². The SMILES string of the molecule is CNC(c1ccn(C)n1)C1CC1. The Morgan fingerprint density at radius 2 is 2.42 bits per heavy atom. The molecule has 1 aliphatic carbocycles. The van der Waals surface area contributed by atoms with E-state index in [-0.39, 0.29) is 0 Å². The van der Waals surface area contributed by atoms with Crippen molar-refractivity contribution in [1.29, 1.82) is 0 Å². The Bertz CT molecular complexity index is 262. The Morgan fingerprint density at radius 3 is 2.83 bits per heavy atom. The summed E-state index contributed by atoms with van der Waals surface area (Å²) in [6.45, 7) is 0. The molecule has 1 atom stereocenters. The molecule has 3 nitrogen and oxygen atoms in total. The van der Waals surface area contributed by atoms with Crippen molar-refractivity contribution in [2.45, 2.75) is 18.9 Å². The van der Waals surface area contributed by atoms with Gasteiger partial charge >= 0.3 is 0 Å². The third-order valence-corrected chi connectivity index (χ3v) is 2.46. The van der Waals surface area contributed by atoms with E-state index < -0.39 is 0 Å². The van der Waals surface area contributed by atoms with Crippen molar-refractivity contribution in [1.82, 2.24) is 15.1 Å². The number of hydrogen-bond acceptors (Lipinski definition) is 2. The second kappa shape index (κ2) is 2.90. The lowest BCUT2D eigenvalue weighted by atomic mass is 10.1. The van der Waals surface area contributed by atoms with Crippen molar-refractivity contribution in [3.8, 4) is 0 Å². The monoisotopic (exact) mass is 165 g/mol. The number of hydrogen-bond donors (Lipinski definition) is 1. The fraction of sp³-hybridized carbons (Fsp3) is 0.667. The van der Waals surface area contributed by atoms with Crippen LogP contribution in [0.1, 0.15) is 24.6 Å². The van der Waals surface area contributed by atoms with Crippen LogP contribution in [0.15, 0.2) is 12.3 Å². The molecule has 66 valence electrons. The second-order valence-corrected chi connectivity index (χ2v) is 3.52. The van der Waals surface area contributed by atoms with Gasteiger partial charge in [-0.05, 0) is 31.9 Å². The summed E-state index contributed by atoms with van der Waals surface area (Å²) in [6, 6.07) is 2.57. The first-order valence-electron chi connectivity index (χ1n) is 4.48. The van der Waals surface area contributed by atoms with Crippen molar-refractivity contribution in [2.75, 3.05) is 7.05 Å². The molecule has 0 aliphatic heterocycles. The van der Waals surface area contributed by atoms with E-state index in [9.17, 15) is 0 Å². The topological polar surface area (TPSA) is 29.9 Å². The van der Waals surface area contributed by atoms with Crippen LogP contribution in [0.2, 0.25) is 0 Å². The highest BCUT2D eigenvalue weighted by Crippen LogP contribution is 2.39. The first-order chi connectivity index (χ1) is 5.81. The van der Waals surface area contributed by atoms with Crippen LogP contribution in [0.3, 0.4) is 0 Å². The second-order valence-electron chi connectivity index (χ2n) is 3.52. The zero-order chi connectivity index (χ0) is 8.55. The van der Waals surface area contributed by atoms with Gasteiger partial charge in [0, 0.05) is 13.2 Å². The molecule has 0 amide bonds. The van der Waals surface area contributed by atoms with E-state index >= 15 is 0 Å². The Morgan fingerprint density at radius 1 is 1.67 bits per heavy atom. The highest BCUT2D eigenvalue weighted by atomic mass is 15.3. The molecule has 0 bridgehead atoms. The van der Waals surface area contributed by atoms with Gasteiger partial charge in [0.2, 0.25) is 0 Å². The first-order valence-corrected chi connectivity index (χ1v) is 4.48. The smallest absolute Gasteiger partial charge is 0.0796 e. The highest BCUT2D eigenvalue weighted by molar-refractivity contribution is 5.09. The summed E-state index contributed by atoms with van der Waals surface area (Å²) in [5, 5.41) is 7.72. The maximum Gasteiger partial charge on any atom is 0.0796 e. The number of rotatable bonds is 3. The summed E-state index contributed by atoms with van der Waals surface area (Å²) >= 11 is 0. The van der Waals surface area contributed by atoms with E-state index in [1.807, 2.05) is 25.0 Å². The van der Waals surface area contributed by atoms with Gasteiger partial charge in [-0.3, -0.25) is 4.68 Å². The van der Waals surface area contributed by atoms with Gasteiger partial charge in [0.1, 0.15) is 0 Å². The van der Waals surface area contributed by atoms with Gasteiger partial charge in [-0.2, -0.15) is 5.10 Å². The minimum absolute atomic E-state index is 0.478. The quantitative estimate of drug-likeness (QED) is 0.726. The van der Waals surface area contributed by atoms with Gasteiger partial charge in [-0.25, -0.2) is 0 Å². The van der Waals surface area contributed by atoms with E-state index in [1.54, 1.807) is 0 Å². The minimum atomic E-state index is 0.478. The zero-order valence-corrected chi connectivity index (χ0v) is 7.62. The summed E-state index contributed by atoms with van der Waals surface area (Å²) in [5.41, 5.74) is 1.18. The predicted octanol–water partition coefficient (Wildman–Crippen LogP) is 1.09. The van der Waals surface area contributed by atoms with E-state index in [4.69, 9.17) is 0 Å². The largest absolute Gasteiger partial charge is 0.311 e. The fourth-order valence-corrected chi connectivity index (χ4v) is 1.65. The first kappa shape index (κ1) is 7.80. The molecule has 1 heterocycles. The third-order valence-electron chi connectivity index (χ3n) is 2.46. The molecule has 1 N–H and O–H groups in total. The van der Waals surface area contributed by atoms with Crippen LogP contribution in [-0.2, 0) is 7.05 Å². The van der Waals surface area contributed by atoms with Crippen molar-refractivity contribution in [3.05, 3.63) is 18.0 Å². The van der Waals surface area contributed by atoms with Crippen molar-refractivity contribution < 1.29 is 0 Å². The lowest BCUT2D eigenvalue weighted by molar-refractivity contribution is 0.507. The average Bonchev–Trinajstić information content (AvgIpc) is 2.78. The van der Waals surface area contributed by atoms with Gasteiger partial charge in [0.15, 0.2) is 0 Å². The van der Waals surface area contributed by atoms with Crippen LogP contribution < -0.4 is 5.32 Å². The molecule has 1 aromatic rings. The predicted molar refractivity (Wildman–Crippen MR) is 47.7 cm³/mol. The number of aryl methyl sites for hydroxylation is 1. The van der Waals surface area contributed by atoms with Gasteiger partial charge in [0.25, 0.3) is 0 Å². The van der Waals surface area contributed by atoms with Crippen LogP contribution in [0.4, 0.5) is 0 Å². The van der Waals surface area contributed by atoms with Gasteiger partial charge in [-0.1, -0.05) is 0 Å². The normalized spacial score (nSPS) is 19.5.